The van der Waals surface area contributed by atoms with Gasteiger partial charge in [0.05, 0.1) is 34.5 Å². The Morgan fingerprint density at radius 2 is 1.85 bits per heavy atom. The van der Waals surface area contributed by atoms with Crippen LogP contribution in [0.15, 0.2) is 24.3 Å². The maximum absolute atomic E-state index is 12.4. The molecule has 2 aliphatic rings. The largest absolute Gasteiger partial charge is 0.497 e. The Morgan fingerprint density at radius 1 is 1.04 bits per heavy atom. The lowest BCUT2D eigenvalue weighted by Crippen LogP contribution is -2.42. The van der Waals surface area contributed by atoms with Gasteiger partial charge in [-0.1, -0.05) is 6.07 Å². The second-order valence-electron chi connectivity index (χ2n) is 6.72. The predicted octanol–water partition coefficient (Wildman–Crippen LogP) is 3.60. The highest BCUT2D eigenvalue weighted by Crippen LogP contribution is 2.53. The Morgan fingerprint density at radius 3 is 2.52 bits per heavy atom. The molecule has 142 valence electrons. The summed E-state index contributed by atoms with van der Waals surface area (Å²) >= 11 is 0. The molecule has 2 aromatic rings. The Balaban J connectivity index is 2.02. The summed E-state index contributed by atoms with van der Waals surface area (Å²) in [6.07, 6.45) is 1.17. The van der Waals surface area contributed by atoms with Gasteiger partial charge in [0.15, 0.2) is 11.5 Å². The molecule has 0 saturated heterocycles. The van der Waals surface area contributed by atoms with E-state index in [4.69, 9.17) is 18.9 Å². The van der Waals surface area contributed by atoms with Crippen LogP contribution in [0.3, 0.4) is 0 Å². The second-order valence-corrected chi connectivity index (χ2v) is 6.72. The van der Waals surface area contributed by atoms with Gasteiger partial charge in [0.25, 0.3) is 0 Å². The molecule has 1 atom stereocenters. The molecule has 0 N–H and O–H groups in total. The van der Waals surface area contributed by atoms with Crippen LogP contribution in [0.2, 0.25) is 0 Å². The van der Waals surface area contributed by atoms with Crippen LogP contribution in [-0.2, 0) is 17.6 Å². The average Bonchev–Trinajstić information content (AvgIpc) is 2.72. The van der Waals surface area contributed by atoms with E-state index in [1.807, 2.05) is 23.1 Å². The molecular weight excluding hydrogens is 346 g/mol. The molecule has 6 heteroatoms. The fraction of sp³-hybridized carbons (Fsp3) is 0.381. The van der Waals surface area contributed by atoms with E-state index in [0.29, 0.717) is 18.0 Å². The summed E-state index contributed by atoms with van der Waals surface area (Å²) in [5.41, 5.74) is 5.47. The highest BCUT2D eigenvalue weighted by atomic mass is 16.5. The first kappa shape index (κ1) is 17.5. The van der Waals surface area contributed by atoms with Crippen molar-refractivity contribution >= 4 is 6.09 Å². The third-order valence-corrected chi connectivity index (χ3v) is 5.54. The van der Waals surface area contributed by atoms with E-state index in [-0.39, 0.29) is 12.1 Å². The van der Waals surface area contributed by atoms with Gasteiger partial charge in [-0.2, -0.15) is 0 Å². The van der Waals surface area contributed by atoms with Gasteiger partial charge in [0.1, 0.15) is 5.75 Å². The summed E-state index contributed by atoms with van der Waals surface area (Å²) in [6, 6.07) is 7.98. The molecule has 6 nitrogen and oxygen atoms in total. The molecule has 0 fully saturated rings. The zero-order valence-corrected chi connectivity index (χ0v) is 16.0. The number of rotatable bonds is 3. The van der Waals surface area contributed by atoms with Crippen molar-refractivity contribution in [2.75, 3.05) is 35.0 Å². The normalized spacial score (nSPS) is 16.9. The molecule has 1 aliphatic carbocycles. The third-order valence-electron chi connectivity index (χ3n) is 5.54. The number of hydrogen-bond acceptors (Lipinski definition) is 5. The molecule has 1 heterocycles. The summed E-state index contributed by atoms with van der Waals surface area (Å²) in [5.74, 6) is 2.17. The molecule has 2 aromatic carbocycles. The van der Waals surface area contributed by atoms with Gasteiger partial charge in [-0.15, -0.1) is 0 Å². The molecule has 1 aliphatic heterocycles. The number of benzene rings is 2. The Kier molecular flexibility index (Phi) is 4.34. The monoisotopic (exact) mass is 369 g/mol. The van der Waals surface area contributed by atoms with E-state index >= 15 is 0 Å². The van der Waals surface area contributed by atoms with Gasteiger partial charge in [-0.05, 0) is 53.3 Å². The topological polar surface area (TPSA) is 57.2 Å². The van der Waals surface area contributed by atoms with Crippen molar-refractivity contribution in [3.8, 4) is 28.4 Å². The first-order valence-electron chi connectivity index (χ1n) is 8.92. The van der Waals surface area contributed by atoms with E-state index in [1.165, 1.54) is 12.7 Å². The van der Waals surface area contributed by atoms with Gasteiger partial charge in [-0.3, -0.25) is 0 Å². The van der Waals surface area contributed by atoms with Crippen molar-refractivity contribution in [3.63, 3.8) is 0 Å². The predicted molar refractivity (Wildman–Crippen MR) is 101 cm³/mol. The van der Waals surface area contributed by atoms with Crippen molar-refractivity contribution in [3.05, 3.63) is 41.0 Å². The maximum Gasteiger partial charge on any atom is 0.410 e. The number of nitrogens with zero attached hydrogens (tertiary/aromatic N) is 1. The van der Waals surface area contributed by atoms with E-state index in [9.17, 15) is 4.79 Å². The van der Waals surface area contributed by atoms with Crippen molar-refractivity contribution < 1.29 is 23.7 Å². The average molecular weight is 369 g/mol. The summed E-state index contributed by atoms with van der Waals surface area (Å²) in [7, 11) is 6.37. The summed E-state index contributed by atoms with van der Waals surface area (Å²) in [5, 5.41) is 0. The van der Waals surface area contributed by atoms with E-state index in [2.05, 4.69) is 6.07 Å². The molecule has 0 aromatic heterocycles. The number of carbonyl (C=O) groups excluding carboxylic acids is 1. The SMILES string of the molecule is COC(=O)N1CCc2cc(OC)c(OC)c3c2[C@@H]1Cc1ccc(OC)cc1-3. The van der Waals surface area contributed by atoms with Gasteiger partial charge >= 0.3 is 6.09 Å². The van der Waals surface area contributed by atoms with Crippen molar-refractivity contribution in [2.24, 2.45) is 0 Å². The fourth-order valence-electron chi connectivity index (χ4n) is 4.32. The molecule has 27 heavy (non-hydrogen) atoms. The van der Waals surface area contributed by atoms with Crippen LogP contribution < -0.4 is 14.2 Å². The van der Waals surface area contributed by atoms with Crippen LogP contribution in [0.5, 0.6) is 17.2 Å². The molecule has 0 radical (unpaired) electrons. The van der Waals surface area contributed by atoms with Gasteiger partial charge in [0, 0.05) is 12.1 Å². The minimum Gasteiger partial charge on any atom is -0.497 e. The second kappa shape index (κ2) is 6.68. The lowest BCUT2D eigenvalue weighted by molar-refractivity contribution is 0.100. The zero-order valence-electron chi connectivity index (χ0n) is 16.0. The quantitative estimate of drug-likeness (QED) is 0.827. The molecule has 1 amide bonds. The number of ether oxygens (including phenoxy) is 4. The van der Waals surface area contributed by atoms with Crippen molar-refractivity contribution in [1.82, 2.24) is 4.90 Å². The van der Waals surface area contributed by atoms with Crippen LogP contribution in [0.25, 0.3) is 11.1 Å². The fourth-order valence-corrected chi connectivity index (χ4v) is 4.32. The summed E-state index contributed by atoms with van der Waals surface area (Å²) in [6.45, 7) is 0.616. The number of methoxy groups -OCH3 is 4. The summed E-state index contributed by atoms with van der Waals surface area (Å²) < 4.78 is 21.8. The van der Waals surface area contributed by atoms with Gasteiger partial charge in [0.2, 0.25) is 0 Å². The van der Waals surface area contributed by atoms with Gasteiger partial charge in [-0.25, -0.2) is 4.79 Å². The van der Waals surface area contributed by atoms with Crippen LogP contribution in [0.4, 0.5) is 4.79 Å². The Bertz CT molecular complexity index is 908. The van der Waals surface area contributed by atoms with Gasteiger partial charge < -0.3 is 23.8 Å². The Hall–Kier alpha value is -2.89. The first-order valence-corrected chi connectivity index (χ1v) is 8.92. The highest BCUT2D eigenvalue weighted by molar-refractivity contribution is 5.85. The number of fused-ring (bicyclic) bond motifs is 2. The van der Waals surface area contributed by atoms with E-state index < -0.39 is 0 Å². The molecule has 0 spiro atoms. The number of amides is 1. The minimum absolute atomic E-state index is 0.0862. The minimum atomic E-state index is -0.302. The molecule has 0 bridgehead atoms. The lowest BCUT2D eigenvalue weighted by Gasteiger charge is -2.41. The van der Waals surface area contributed by atoms with E-state index in [1.54, 1.807) is 21.3 Å². The van der Waals surface area contributed by atoms with Crippen LogP contribution in [0, 0.1) is 0 Å². The van der Waals surface area contributed by atoms with E-state index in [0.717, 1.165) is 40.8 Å². The summed E-state index contributed by atoms with van der Waals surface area (Å²) in [4.78, 5) is 14.2. The first-order chi connectivity index (χ1) is 13.1. The third kappa shape index (κ3) is 2.59. The van der Waals surface area contributed by atoms with Crippen molar-refractivity contribution in [2.45, 2.75) is 18.9 Å². The van der Waals surface area contributed by atoms with Crippen LogP contribution >= 0.6 is 0 Å². The standard InChI is InChI=1S/C21H23NO5/c1-24-14-6-5-12-9-16-18-13(7-8-22(16)21(23)27-4)10-17(25-2)20(26-3)19(18)15(12)11-14/h5-6,10-11,16H,7-9H2,1-4H3/t16-/m0/s1. The van der Waals surface area contributed by atoms with Crippen LogP contribution in [-0.4, -0.2) is 46.0 Å². The van der Waals surface area contributed by atoms with Crippen LogP contribution in [0.1, 0.15) is 22.7 Å². The Labute approximate surface area is 158 Å². The van der Waals surface area contributed by atoms with Crippen molar-refractivity contribution in [1.29, 1.82) is 0 Å². The number of carbonyl (C=O) groups is 1. The number of hydrogen-bond donors (Lipinski definition) is 0. The molecule has 0 saturated carbocycles. The highest BCUT2D eigenvalue weighted by Gasteiger charge is 2.39. The smallest absolute Gasteiger partial charge is 0.410 e. The molecule has 4 rings (SSSR count). The maximum atomic E-state index is 12.4. The zero-order chi connectivity index (χ0) is 19.1. The molecule has 0 unspecified atom stereocenters. The molecular formula is C21H23NO5. The lowest BCUT2D eigenvalue weighted by atomic mass is 9.76.